The Hall–Kier alpha value is -5.50. The number of ether oxygens (including phenoxy) is 4. The maximum atomic E-state index is 13.0. The van der Waals surface area contributed by atoms with Gasteiger partial charge in [-0.3, -0.25) is 19.2 Å². The summed E-state index contributed by atoms with van der Waals surface area (Å²) in [6, 6.07) is 7.60. The Morgan fingerprint density at radius 2 is 1.18 bits per heavy atom. The van der Waals surface area contributed by atoms with Gasteiger partial charge < -0.3 is 48.7 Å². The van der Waals surface area contributed by atoms with E-state index in [2.05, 4.69) is 15.0 Å². The SMILES string of the molecule is [C-]#[N+][C@]1(C)C[C@@H]2C(=O)N(C)[C@@H](C)C(=O)N2[C@@H]1c1ccc2c(c1)OCO2.[C-]#[N+][C@]1(C)C[C@@H]2C(=O)N[C@@H](C)C(=O)N2[C@@H]1c1ccc2c(c1)OCO2. The summed E-state index contributed by atoms with van der Waals surface area (Å²) in [5, 5.41) is 2.70. The maximum Gasteiger partial charge on any atom is 0.256 e. The molecule has 0 aliphatic carbocycles. The van der Waals surface area contributed by atoms with Crippen molar-refractivity contribution in [1.29, 1.82) is 0 Å². The fourth-order valence-corrected chi connectivity index (χ4v) is 7.97. The van der Waals surface area contributed by atoms with E-state index in [1.807, 2.05) is 31.2 Å². The van der Waals surface area contributed by atoms with Gasteiger partial charge in [-0.2, -0.15) is 0 Å². The summed E-state index contributed by atoms with van der Waals surface area (Å²) in [6.45, 7) is 22.7. The van der Waals surface area contributed by atoms with Crippen LogP contribution in [0.15, 0.2) is 36.4 Å². The molecular formula is C35H36N6O8. The Labute approximate surface area is 283 Å². The molecule has 0 aromatic heterocycles. The molecule has 8 rings (SSSR count). The predicted molar refractivity (Wildman–Crippen MR) is 171 cm³/mol. The van der Waals surface area contributed by atoms with Crippen LogP contribution in [0.2, 0.25) is 0 Å². The Morgan fingerprint density at radius 1 is 0.714 bits per heavy atom. The van der Waals surface area contributed by atoms with Crippen molar-refractivity contribution >= 4 is 23.6 Å². The normalized spacial score (nSPS) is 33.7. The molecule has 0 spiro atoms. The van der Waals surface area contributed by atoms with Gasteiger partial charge in [-0.1, -0.05) is 12.1 Å². The molecule has 4 amide bonds. The number of amides is 4. The highest BCUT2D eigenvalue weighted by atomic mass is 16.7. The van der Waals surface area contributed by atoms with E-state index >= 15 is 0 Å². The molecule has 4 saturated heterocycles. The lowest BCUT2D eigenvalue weighted by Crippen LogP contribution is -2.60. The number of likely N-dealkylation sites (N-methyl/N-ethyl adjacent to an activating group) is 1. The molecule has 0 unspecified atom stereocenters. The van der Waals surface area contributed by atoms with Gasteiger partial charge in [0.15, 0.2) is 23.0 Å². The highest BCUT2D eigenvalue weighted by molar-refractivity contribution is 5.98. The van der Waals surface area contributed by atoms with Crippen LogP contribution in [-0.2, 0) is 19.2 Å². The second-order valence-electron chi connectivity index (χ2n) is 13.8. The number of nitrogens with zero attached hydrogens (tertiary/aromatic N) is 5. The smallest absolute Gasteiger partial charge is 0.256 e. The molecule has 6 aliphatic heterocycles. The number of carbonyl (C=O) groups is 4. The van der Waals surface area contributed by atoms with Crippen LogP contribution in [0.1, 0.15) is 63.7 Å². The Bertz CT molecular complexity index is 1870. The maximum absolute atomic E-state index is 13.0. The minimum absolute atomic E-state index is 0.106. The van der Waals surface area contributed by atoms with Crippen LogP contribution in [0.4, 0.5) is 0 Å². The zero-order valence-electron chi connectivity index (χ0n) is 27.8. The molecule has 14 nitrogen and oxygen atoms in total. The minimum atomic E-state index is -0.866. The number of benzene rings is 2. The van der Waals surface area contributed by atoms with Crippen LogP contribution in [0.3, 0.4) is 0 Å². The zero-order valence-corrected chi connectivity index (χ0v) is 27.8. The van der Waals surface area contributed by atoms with Crippen molar-refractivity contribution in [1.82, 2.24) is 20.0 Å². The van der Waals surface area contributed by atoms with E-state index in [9.17, 15) is 19.2 Å². The molecule has 0 saturated carbocycles. The molecule has 1 N–H and O–H groups in total. The summed E-state index contributed by atoms with van der Waals surface area (Å²) in [5.74, 6) is 1.92. The van der Waals surface area contributed by atoms with Gasteiger partial charge in [0, 0.05) is 20.9 Å². The van der Waals surface area contributed by atoms with Crippen LogP contribution in [0.5, 0.6) is 23.0 Å². The van der Waals surface area contributed by atoms with Gasteiger partial charge in [0.25, 0.3) is 11.1 Å². The molecule has 0 bridgehead atoms. The first kappa shape index (κ1) is 32.1. The van der Waals surface area contributed by atoms with Gasteiger partial charge in [0.05, 0.1) is 12.8 Å². The lowest BCUT2D eigenvalue weighted by molar-refractivity contribution is -0.159. The molecule has 4 fully saturated rings. The molecule has 49 heavy (non-hydrogen) atoms. The molecule has 0 radical (unpaired) electrons. The first-order chi connectivity index (χ1) is 23.3. The largest absolute Gasteiger partial charge is 0.454 e. The number of piperazine rings is 2. The first-order valence-corrected chi connectivity index (χ1v) is 16.1. The van der Waals surface area contributed by atoms with E-state index in [0.717, 1.165) is 11.1 Å². The summed E-state index contributed by atoms with van der Waals surface area (Å²) in [5.41, 5.74) is -0.150. The van der Waals surface area contributed by atoms with Gasteiger partial charge in [0.2, 0.25) is 37.2 Å². The van der Waals surface area contributed by atoms with Gasteiger partial charge in [-0.05, 0) is 49.2 Å². The standard InChI is InChI=1S/C18H19N3O4.C17H17N3O4/c1-10-16(22)21-12(17(23)20(10)4)8-18(2,19-3)15(21)11-5-6-13-14(7-11)25-9-24-13;1-9-16(22)20-11(15(21)19-9)7-17(2,18-3)14(20)10-4-5-12-13(6-10)24-8-23-12/h5-7,10,12,15H,8-9H2,1-2,4H3;4-6,9,11,14H,7-8H2,1-2H3,(H,19,21)/t10-,12+,15+,18+;9-,11+,14+,17+/m00/s1. The summed E-state index contributed by atoms with van der Waals surface area (Å²) >= 11 is 0. The second-order valence-corrected chi connectivity index (χ2v) is 13.8. The van der Waals surface area contributed by atoms with Crippen LogP contribution in [0, 0.1) is 13.1 Å². The molecule has 254 valence electrons. The number of fused-ring (bicyclic) bond motifs is 4. The van der Waals surface area contributed by atoms with Crippen molar-refractivity contribution in [3.63, 3.8) is 0 Å². The third kappa shape index (κ3) is 4.80. The average Bonchev–Trinajstić information content (AvgIpc) is 3.88. The third-order valence-corrected chi connectivity index (χ3v) is 10.7. The van der Waals surface area contributed by atoms with Gasteiger partial charge in [0.1, 0.15) is 36.3 Å². The van der Waals surface area contributed by atoms with Crippen molar-refractivity contribution in [2.24, 2.45) is 0 Å². The topological polar surface area (TPSA) is 136 Å². The van der Waals surface area contributed by atoms with Crippen molar-refractivity contribution in [2.75, 3.05) is 20.6 Å². The third-order valence-electron chi connectivity index (χ3n) is 10.7. The van der Waals surface area contributed by atoms with Crippen molar-refractivity contribution < 1.29 is 38.1 Å². The average molecular weight is 669 g/mol. The molecule has 2 aromatic rings. The molecule has 6 heterocycles. The highest BCUT2D eigenvalue weighted by Crippen LogP contribution is 2.51. The fourth-order valence-electron chi connectivity index (χ4n) is 7.97. The van der Waals surface area contributed by atoms with E-state index in [1.165, 1.54) is 4.90 Å². The summed E-state index contributed by atoms with van der Waals surface area (Å²) in [7, 11) is 1.64. The number of hydrogen-bond donors (Lipinski definition) is 1. The number of nitrogens with one attached hydrogen (secondary N) is 1. The molecule has 2 aromatic carbocycles. The van der Waals surface area contributed by atoms with E-state index in [1.54, 1.807) is 49.8 Å². The quantitative estimate of drug-likeness (QED) is 0.483. The van der Waals surface area contributed by atoms with Crippen molar-refractivity contribution in [3.8, 4) is 23.0 Å². The number of rotatable bonds is 2. The van der Waals surface area contributed by atoms with Crippen LogP contribution >= 0.6 is 0 Å². The van der Waals surface area contributed by atoms with Gasteiger partial charge in [-0.15, -0.1) is 0 Å². The summed E-state index contributed by atoms with van der Waals surface area (Å²) < 4.78 is 21.5. The Morgan fingerprint density at radius 3 is 1.69 bits per heavy atom. The Kier molecular flexibility index (Phi) is 7.39. The van der Waals surface area contributed by atoms with E-state index in [4.69, 9.17) is 32.1 Å². The van der Waals surface area contributed by atoms with Crippen LogP contribution < -0.4 is 24.3 Å². The number of hydrogen-bond acceptors (Lipinski definition) is 8. The number of carbonyl (C=O) groups excluding carboxylic acids is 4. The van der Waals surface area contributed by atoms with Gasteiger partial charge in [-0.25, -0.2) is 13.1 Å². The van der Waals surface area contributed by atoms with E-state index in [0.29, 0.717) is 35.8 Å². The summed E-state index contributed by atoms with van der Waals surface area (Å²) in [6.07, 6.45) is 0.650. The van der Waals surface area contributed by atoms with E-state index < -0.39 is 47.3 Å². The lowest BCUT2D eigenvalue weighted by atomic mass is 9.87. The Balaban J connectivity index is 0.000000154. The van der Waals surface area contributed by atoms with Gasteiger partial charge >= 0.3 is 0 Å². The molecular weight excluding hydrogens is 632 g/mol. The molecule has 8 atom stereocenters. The lowest BCUT2D eigenvalue weighted by Gasteiger charge is -2.41. The second kappa shape index (κ2) is 11.3. The summed E-state index contributed by atoms with van der Waals surface area (Å²) in [4.78, 5) is 63.0. The van der Waals surface area contributed by atoms with Crippen molar-refractivity contribution in [3.05, 3.63) is 70.4 Å². The van der Waals surface area contributed by atoms with E-state index in [-0.39, 0.29) is 37.2 Å². The minimum Gasteiger partial charge on any atom is -0.454 e. The van der Waals surface area contributed by atoms with Crippen LogP contribution in [-0.4, -0.2) is 94.2 Å². The van der Waals surface area contributed by atoms with Crippen molar-refractivity contribution in [2.45, 2.75) is 87.9 Å². The predicted octanol–water partition coefficient (Wildman–Crippen LogP) is 2.85. The zero-order chi connectivity index (χ0) is 35.0. The molecule has 14 heteroatoms. The first-order valence-electron chi connectivity index (χ1n) is 16.1. The fraction of sp³-hybridized carbons (Fsp3) is 0.486. The molecule has 6 aliphatic rings. The highest BCUT2D eigenvalue weighted by Gasteiger charge is 2.63. The van der Waals surface area contributed by atoms with Crippen LogP contribution in [0.25, 0.3) is 9.69 Å². The monoisotopic (exact) mass is 668 g/mol.